The minimum absolute atomic E-state index is 1.23. The molecule has 1 heterocycles. The van der Waals surface area contributed by atoms with Crippen LogP contribution in [0.5, 0.6) is 0 Å². The normalized spacial score (nSPS) is 15.2. The fourth-order valence-electron chi connectivity index (χ4n) is 1.45. The SMILES string of the molecule is CN1C=CC=CC(c2ccccc2)=C1. The van der Waals surface area contributed by atoms with E-state index >= 15 is 0 Å². The fourth-order valence-corrected chi connectivity index (χ4v) is 1.45. The summed E-state index contributed by atoms with van der Waals surface area (Å²) < 4.78 is 0. The van der Waals surface area contributed by atoms with E-state index in [-0.39, 0.29) is 0 Å². The molecule has 0 fully saturated rings. The zero-order chi connectivity index (χ0) is 9.80. The summed E-state index contributed by atoms with van der Waals surface area (Å²) in [5.74, 6) is 0. The Morgan fingerprint density at radius 1 is 1.00 bits per heavy atom. The zero-order valence-electron chi connectivity index (χ0n) is 8.22. The minimum Gasteiger partial charge on any atom is -0.357 e. The molecule has 0 saturated carbocycles. The lowest BCUT2D eigenvalue weighted by molar-refractivity contribution is 0.629. The zero-order valence-corrected chi connectivity index (χ0v) is 8.22. The van der Waals surface area contributed by atoms with E-state index in [2.05, 4.69) is 47.5 Å². The highest BCUT2D eigenvalue weighted by Crippen LogP contribution is 2.17. The smallest absolute Gasteiger partial charge is 0.0110 e. The minimum atomic E-state index is 1.23. The first kappa shape index (κ1) is 8.82. The third-order valence-corrected chi connectivity index (χ3v) is 2.16. The maximum absolute atomic E-state index is 2.12. The second-order valence-electron chi connectivity index (χ2n) is 3.32. The Balaban J connectivity index is 2.35. The molecule has 1 aliphatic heterocycles. The van der Waals surface area contributed by atoms with Crippen LogP contribution < -0.4 is 0 Å². The summed E-state index contributed by atoms with van der Waals surface area (Å²) in [6.07, 6.45) is 10.4. The highest BCUT2D eigenvalue weighted by Gasteiger charge is 1.98. The van der Waals surface area contributed by atoms with Crippen molar-refractivity contribution in [2.45, 2.75) is 0 Å². The topological polar surface area (TPSA) is 3.24 Å². The molecule has 2 rings (SSSR count). The highest BCUT2D eigenvalue weighted by molar-refractivity contribution is 5.74. The van der Waals surface area contributed by atoms with Gasteiger partial charge in [0.2, 0.25) is 0 Å². The number of rotatable bonds is 1. The lowest BCUT2D eigenvalue weighted by atomic mass is 10.1. The van der Waals surface area contributed by atoms with Crippen LogP contribution in [0.4, 0.5) is 0 Å². The van der Waals surface area contributed by atoms with Crippen molar-refractivity contribution in [2.24, 2.45) is 0 Å². The number of hydrogen-bond acceptors (Lipinski definition) is 1. The van der Waals surface area contributed by atoms with Gasteiger partial charge in [0.25, 0.3) is 0 Å². The predicted molar refractivity (Wildman–Crippen MR) is 60.5 cm³/mol. The van der Waals surface area contributed by atoms with Gasteiger partial charge in [0.15, 0.2) is 0 Å². The van der Waals surface area contributed by atoms with Crippen molar-refractivity contribution in [3.05, 3.63) is 66.5 Å². The summed E-state index contributed by atoms with van der Waals surface area (Å²) in [6, 6.07) is 10.4. The van der Waals surface area contributed by atoms with Crippen LogP contribution in [-0.4, -0.2) is 11.9 Å². The van der Waals surface area contributed by atoms with Crippen molar-refractivity contribution < 1.29 is 0 Å². The van der Waals surface area contributed by atoms with Gasteiger partial charge in [0, 0.05) is 19.4 Å². The average molecular weight is 183 g/mol. The third-order valence-electron chi connectivity index (χ3n) is 2.16. The Hall–Kier alpha value is -1.76. The van der Waals surface area contributed by atoms with Gasteiger partial charge in [-0.15, -0.1) is 0 Å². The van der Waals surface area contributed by atoms with Gasteiger partial charge < -0.3 is 4.90 Å². The van der Waals surface area contributed by atoms with Crippen LogP contribution in [0.1, 0.15) is 5.56 Å². The van der Waals surface area contributed by atoms with Gasteiger partial charge in [0.05, 0.1) is 0 Å². The number of benzene rings is 1. The van der Waals surface area contributed by atoms with E-state index in [1.165, 1.54) is 11.1 Å². The second kappa shape index (κ2) is 3.97. The lowest BCUT2D eigenvalue weighted by Crippen LogP contribution is -1.99. The lowest BCUT2D eigenvalue weighted by Gasteiger charge is -2.08. The van der Waals surface area contributed by atoms with Gasteiger partial charge in [-0.3, -0.25) is 0 Å². The average Bonchev–Trinajstić information content (AvgIpc) is 2.44. The Morgan fingerprint density at radius 2 is 1.79 bits per heavy atom. The Morgan fingerprint density at radius 3 is 2.57 bits per heavy atom. The molecule has 0 saturated heterocycles. The van der Waals surface area contributed by atoms with E-state index in [0.29, 0.717) is 0 Å². The molecule has 1 aromatic carbocycles. The Labute approximate surface area is 84.7 Å². The summed E-state index contributed by atoms with van der Waals surface area (Å²) in [6.45, 7) is 0. The largest absolute Gasteiger partial charge is 0.357 e. The first-order valence-electron chi connectivity index (χ1n) is 4.70. The van der Waals surface area contributed by atoms with E-state index in [1.807, 2.05) is 25.4 Å². The van der Waals surface area contributed by atoms with E-state index in [1.54, 1.807) is 0 Å². The quantitative estimate of drug-likeness (QED) is 0.646. The monoisotopic (exact) mass is 183 g/mol. The van der Waals surface area contributed by atoms with Crippen molar-refractivity contribution in [1.82, 2.24) is 4.90 Å². The molecule has 0 radical (unpaired) electrons. The summed E-state index contributed by atoms with van der Waals surface area (Å²) in [7, 11) is 2.03. The third kappa shape index (κ3) is 1.94. The summed E-state index contributed by atoms with van der Waals surface area (Å²) in [5.41, 5.74) is 2.48. The number of allylic oxidation sites excluding steroid dienone is 4. The molecule has 14 heavy (non-hydrogen) atoms. The maximum atomic E-state index is 2.12. The molecule has 0 aliphatic carbocycles. The molecule has 0 unspecified atom stereocenters. The fraction of sp³-hybridized carbons (Fsp3) is 0.0769. The van der Waals surface area contributed by atoms with Gasteiger partial charge in [0.1, 0.15) is 0 Å². The van der Waals surface area contributed by atoms with Crippen molar-refractivity contribution in [3.63, 3.8) is 0 Å². The van der Waals surface area contributed by atoms with Crippen LogP contribution in [0.25, 0.3) is 5.57 Å². The van der Waals surface area contributed by atoms with Crippen LogP contribution in [-0.2, 0) is 0 Å². The molecular weight excluding hydrogens is 170 g/mol. The maximum Gasteiger partial charge on any atom is 0.0110 e. The van der Waals surface area contributed by atoms with E-state index < -0.39 is 0 Å². The number of nitrogens with zero attached hydrogens (tertiary/aromatic N) is 1. The first-order valence-corrected chi connectivity index (χ1v) is 4.70. The standard InChI is InChI=1S/C13H13N/c1-14-10-6-5-9-13(11-14)12-7-3-2-4-8-12/h2-11H,1H3. The summed E-state index contributed by atoms with van der Waals surface area (Å²) >= 11 is 0. The molecule has 0 amide bonds. The molecule has 0 aromatic heterocycles. The van der Waals surface area contributed by atoms with E-state index in [4.69, 9.17) is 0 Å². The van der Waals surface area contributed by atoms with Gasteiger partial charge in [-0.2, -0.15) is 0 Å². The van der Waals surface area contributed by atoms with E-state index in [0.717, 1.165) is 0 Å². The predicted octanol–water partition coefficient (Wildman–Crippen LogP) is 3.04. The molecule has 0 bridgehead atoms. The van der Waals surface area contributed by atoms with Crippen molar-refractivity contribution in [1.29, 1.82) is 0 Å². The molecule has 1 nitrogen and oxygen atoms in total. The van der Waals surface area contributed by atoms with Gasteiger partial charge in [-0.1, -0.05) is 42.5 Å². The van der Waals surface area contributed by atoms with Crippen molar-refractivity contribution in [3.8, 4) is 0 Å². The molecule has 1 aliphatic rings. The number of hydrogen-bond donors (Lipinski definition) is 0. The van der Waals surface area contributed by atoms with Crippen LogP contribution in [0.15, 0.2) is 61.0 Å². The molecule has 0 N–H and O–H groups in total. The Bertz CT molecular complexity index is 385. The van der Waals surface area contributed by atoms with Crippen LogP contribution in [0.2, 0.25) is 0 Å². The van der Waals surface area contributed by atoms with Crippen LogP contribution in [0, 0.1) is 0 Å². The first-order chi connectivity index (χ1) is 6.86. The molecule has 0 atom stereocenters. The van der Waals surface area contributed by atoms with Gasteiger partial charge in [-0.25, -0.2) is 0 Å². The molecule has 1 heteroatoms. The molecule has 1 aromatic rings. The van der Waals surface area contributed by atoms with Crippen LogP contribution >= 0.6 is 0 Å². The summed E-state index contributed by atoms with van der Waals surface area (Å²) in [4.78, 5) is 2.06. The molecule has 70 valence electrons. The molecular formula is C13H13N. The van der Waals surface area contributed by atoms with E-state index in [9.17, 15) is 0 Å². The van der Waals surface area contributed by atoms with Gasteiger partial charge in [-0.05, 0) is 17.2 Å². The second-order valence-corrected chi connectivity index (χ2v) is 3.32. The van der Waals surface area contributed by atoms with Gasteiger partial charge >= 0.3 is 0 Å². The van der Waals surface area contributed by atoms with Crippen molar-refractivity contribution >= 4 is 5.57 Å². The Kier molecular flexibility index (Phi) is 2.50. The van der Waals surface area contributed by atoms with Crippen molar-refractivity contribution in [2.75, 3.05) is 7.05 Å². The summed E-state index contributed by atoms with van der Waals surface area (Å²) in [5, 5.41) is 0. The highest BCUT2D eigenvalue weighted by atomic mass is 15.0. The van der Waals surface area contributed by atoms with Crippen LogP contribution in [0.3, 0.4) is 0 Å². The molecule has 0 spiro atoms.